The number of nitrogens with zero attached hydrogens (tertiary/aromatic N) is 3. The van der Waals surface area contributed by atoms with E-state index in [0.717, 1.165) is 55.8 Å². The van der Waals surface area contributed by atoms with Gasteiger partial charge in [0.05, 0.1) is 6.61 Å². The molecule has 0 saturated carbocycles. The SMILES string of the molecule is CCC=CCC=CCC=CCC=CCC=CCCCC(=O)NCCSSCCNP(=O)(OCC1OC(n2cnc(N)nc2=O)C(O)C1O)Oc1ccccc1. The van der Waals surface area contributed by atoms with E-state index in [1.54, 1.807) is 41.1 Å². The average Bonchev–Trinajstić information content (AvgIpc) is 3.45. The van der Waals surface area contributed by atoms with Crippen LogP contribution in [0.2, 0.25) is 0 Å². The number of carbonyl (C=O) groups is 1. The van der Waals surface area contributed by atoms with Gasteiger partial charge in [0.15, 0.2) is 6.23 Å². The van der Waals surface area contributed by atoms with Crippen LogP contribution in [0.4, 0.5) is 5.95 Å². The number of amides is 1. The Bertz CT molecular complexity index is 1660. The van der Waals surface area contributed by atoms with Crippen molar-refractivity contribution in [1.82, 2.24) is 24.9 Å². The molecule has 14 nitrogen and oxygen atoms in total. The van der Waals surface area contributed by atoms with E-state index in [9.17, 15) is 24.4 Å². The summed E-state index contributed by atoms with van der Waals surface area (Å²) in [5.41, 5.74) is 4.61. The second-order valence-electron chi connectivity index (χ2n) is 12.2. The van der Waals surface area contributed by atoms with E-state index in [2.05, 4.69) is 88.1 Å². The maximum Gasteiger partial charge on any atom is 0.458 e. The molecule has 2 aromatic rings. The predicted octanol–water partition coefficient (Wildman–Crippen LogP) is 6.05. The number of hydrogen-bond acceptors (Lipinski definition) is 13. The molecule has 1 aromatic carbocycles. The molecular weight excluding hydrogens is 764 g/mol. The summed E-state index contributed by atoms with van der Waals surface area (Å²) in [6.07, 6.45) is 24.3. The van der Waals surface area contributed by atoms with Gasteiger partial charge in [0.2, 0.25) is 11.9 Å². The van der Waals surface area contributed by atoms with Gasteiger partial charge in [0.25, 0.3) is 0 Å². The maximum atomic E-state index is 13.7. The minimum Gasteiger partial charge on any atom is -0.413 e. The van der Waals surface area contributed by atoms with Crippen molar-refractivity contribution in [3.63, 3.8) is 0 Å². The Hall–Kier alpha value is -3.47. The van der Waals surface area contributed by atoms with Crippen molar-refractivity contribution in [1.29, 1.82) is 0 Å². The quantitative estimate of drug-likeness (QED) is 0.0302. The van der Waals surface area contributed by atoms with Crippen LogP contribution < -0.4 is 26.4 Å². The van der Waals surface area contributed by atoms with Crippen molar-refractivity contribution in [3.05, 3.63) is 108 Å². The monoisotopic (exact) mass is 818 g/mol. The zero-order valence-electron chi connectivity index (χ0n) is 31.3. The number of benzene rings is 1. The molecule has 1 saturated heterocycles. The lowest BCUT2D eigenvalue weighted by Gasteiger charge is -2.22. The normalized spacial score (nSPS) is 20.1. The second-order valence-corrected chi connectivity index (χ2v) is 16.6. The number of anilines is 1. The maximum absolute atomic E-state index is 13.7. The van der Waals surface area contributed by atoms with Crippen molar-refractivity contribution in [2.75, 3.05) is 36.9 Å². The molecule has 5 atom stereocenters. The fourth-order valence-corrected chi connectivity index (χ4v) is 8.24. The molecule has 55 heavy (non-hydrogen) atoms. The Morgan fingerprint density at radius 3 is 2.20 bits per heavy atom. The Balaban J connectivity index is 1.26. The Morgan fingerprint density at radius 2 is 1.56 bits per heavy atom. The molecule has 1 aliphatic heterocycles. The first-order valence-electron chi connectivity index (χ1n) is 18.4. The van der Waals surface area contributed by atoms with Gasteiger partial charge in [-0.05, 0) is 57.1 Å². The number of para-hydroxylation sites is 1. The summed E-state index contributed by atoms with van der Waals surface area (Å²) < 4.78 is 31.6. The van der Waals surface area contributed by atoms with E-state index in [4.69, 9.17) is 19.5 Å². The molecule has 0 radical (unpaired) electrons. The molecule has 2 heterocycles. The first kappa shape index (κ1) is 45.9. The number of hydrogen-bond donors (Lipinski definition) is 5. The molecule has 5 unspecified atom stereocenters. The van der Waals surface area contributed by atoms with Crippen LogP contribution >= 0.6 is 29.3 Å². The number of aromatic nitrogens is 3. The van der Waals surface area contributed by atoms with Crippen LogP contribution in [0, 0.1) is 0 Å². The summed E-state index contributed by atoms with van der Waals surface area (Å²) in [5, 5.41) is 26.9. The summed E-state index contributed by atoms with van der Waals surface area (Å²) in [4.78, 5) is 31.7. The Morgan fingerprint density at radius 1 is 0.945 bits per heavy atom. The van der Waals surface area contributed by atoms with Gasteiger partial charge in [-0.25, -0.2) is 19.4 Å². The summed E-state index contributed by atoms with van der Waals surface area (Å²) >= 11 is 0. The average molecular weight is 819 g/mol. The number of nitrogens with one attached hydrogen (secondary N) is 2. The van der Waals surface area contributed by atoms with Crippen molar-refractivity contribution < 1.29 is 33.4 Å². The van der Waals surface area contributed by atoms with Crippen molar-refractivity contribution in [3.8, 4) is 5.75 Å². The van der Waals surface area contributed by atoms with Gasteiger partial charge in [0.1, 0.15) is 30.4 Å². The van der Waals surface area contributed by atoms with Crippen LogP contribution in [-0.4, -0.2) is 80.2 Å². The van der Waals surface area contributed by atoms with E-state index in [0.29, 0.717) is 30.2 Å². The molecule has 0 bridgehead atoms. The van der Waals surface area contributed by atoms with Gasteiger partial charge in [0, 0.05) is 31.0 Å². The van der Waals surface area contributed by atoms with E-state index in [1.807, 2.05) is 0 Å². The predicted molar refractivity (Wildman–Crippen MR) is 221 cm³/mol. The lowest BCUT2D eigenvalue weighted by atomic mass is 10.1. The number of allylic oxidation sites excluding steroid dienone is 10. The minimum absolute atomic E-state index is 0.0276. The van der Waals surface area contributed by atoms with Gasteiger partial charge >= 0.3 is 13.4 Å². The number of nitrogen functional groups attached to an aromatic ring is 1. The molecule has 3 rings (SSSR count). The van der Waals surface area contributed by atoms with Gasteiger partial charge in [-0.3, -0.25) is 13.9 Å². The van der Waals surface area contributed by atoms with Crippen LogP contribution in [0.15, 0.2) is 102 Å². The number of ether oxygens (including phenoxy) is 1. The molecule has 6 N–H and O–H groups in total. The number of aliphatic hydroxyl groups excluding tert-OH is 2. The van der Waals surface area contributed by atoms with Crippen molar-refractivity contribution in [2.45, 2.75) is 82.8 Å². The molecule has 0 aliphatic carbocycles. The van der Waals surface area contributed by atoms with Crippen LogP contribution in [0.1, 0.15) is 64.5 Å². The van der Waals surface area contributed by atoms with Crippen molar-refractivity contribution in [2.24, 2.45) is 0 Å². The fraction of sp³-hybridized carbons (Fsp3) is 0.474. The van der Waals surface area contributed by atoms with Gasteiger partial charge < -0.3 is 30.5 Å². The smallest absolute Gasteiger partial charge is 0.413 e. The Kier molecular flexibility index (Phi) is 22.7. The van der Waals surface area contributed by atoms with Crippen LogP contribution in [0.3, 0.4) is 0 Å². The van der Waals surface area contributed by atoms with E-state index in [1.165, 1.54) is 10.8 Å². The second kappa shape index (κ2) is 27.2. The van der Waals surface area contributed by atoms with Crippen LogP contribution in [0.25, 0.3) is 0 Å². The summed E-state index contributed by atoms with van der Waals surface area (Å²) in [5.74, 6) is 1.32. The van der Waals surface area contributed by atoms with Crippen LogP contribution in [0.5, 0.6) is 5.75 Å². The third kappa shape index (κ3) is 18.8. The zero-order chi connectivity index (χ0) is 39.6. The molecule has 302 valence electrons. The highest BCUT2D eigenvalue weighted by Crippen LogP contribution is 2.45. The Labute approximate surface area is 331 Å². The van der Waals surface area contributed by atoms with Gasteiger partial charge in [-0.1, -0.05) is 107 Å². The lowest BCUT2D eigenvalue weighted by molar-refractivity contribution is -0.121. The molecule has 1 aliphatic rings. The van der Waals surface area contributed by atoms with E-state index in [-0.39, 0.29) is 18.4 Å². The highest BCUT2D eigenvalue weighted by atomic mass is 33.1. The number of carbonyl (C=O) groups excluding carboxylic acids is 1. The molecular formula is C38H55N6O8PS2. The summed E-state index contributed by atoms with van der Waals surface area (Å²) in [7, 11) is -0.876. The van der Waals surface area contributed by atoms with Crippen molar-refractivity contribution >= 4 is 41.2 Å². The number of nitrogens with two attached hydrogens (primary N) is 1. The topological polar surface area (TPSA) is 200 Å². The highest BCUT2D eigenvalue weighted by Gasteiger charge is 2.45. The van der Waals surface area contributed by atoms with E-state index < -0.39 is 44.6 Å². The minimum atomic E-state index is -3.98. The fourth-order valence-electron chi connectivity index (χ4n) is 4.93. The number of unbranched alkanes of at least 4 members (excludes halogenated alkanes) is 1. The van der Waals surface area contributed by atoms with E-state index >= 15 is 0 Å². The third-order valence-corrected chi connectivity index (χ3v) is 11.7. The molecule has 1 aromatic heterocycles. The molecule has 1 fully saturated rings. The van der Waals surface area contributed by atoms with Crippen LogP contribution in [-0.2, 0) is 18.6 Å². The van der Waals surface area contributed by atoms with Gasteiger partial charge in [-0.15, -0.1) is 0 Å². The first-order chi connectivity index (χ1) is 26.7. The third-order valence-electron chi connectivity index (χ3n) is 7.75. The zero-order valence-corrected chi connectivity index (χ0v) is 33.8. The number of rotatable bonds is 27. The highest BCUT2D eigenvalue weighted by molar-refractivity contribution is 8.76. The molecule has 17 heteroatoms. The number of aliphatic hydroxyl groups is 2. The molecule has 1 amide bonds. The van der Waals surface area contributed by atoms with Gasteiger partial charge in [-0.2, -0.15) is 4.98 Å². The summed E-state index contributed by atoms with van der Waals surface area (Å²) in [6, 6.07) is 8.46. The molecule has 0 spiro atoms. The lowest BCUT2D eigenvalue weighted by Crippen LogP contribution is -2.36. The standard InChI is InChI=1S/C38H55N6O8PS2/c1-2-3-4-5-6-7-8-9-10-11-12-13-14-15-16-17-21-24-33(45)40-25-27-54-55-28-26-42-53(49,52-31-22-19-18-20-23-31)50-29-32-34(46)35(47)36(51-32)44-30-41-37(39)43-38(44)48/h3-4,6-7,9-10,12-13,15-16,18-20,22-23,30,32,34-36,46-47H,2,5,8,11,14,17,21,24-29H2,1H3,(H,40,45)(H,42,49)(H2,39,43,48). The first-order valence-corrected chi connectivity index (χ1v) is 22.5. The summed E-state index contributed by atoms with van der Waals surface area (Å²) in [6.45, 7) is 2.50. The largest absolute Gasteiger partial charge is 0.458 e.